The Kier molecular flexibility index (Phi) is 10.6. The van der Waals surface area contributed by atoms with E-state index in [0.717, 1.165) is 56.4 Å². The highest BCUT2D eigenvalue weighted by atomic mass is 16.5. The molecule has 0 aromatic heterocycles. The van der Waals surface area contributed by atoms with Crippen LogP contribution in [0.15, 0.2) is 261 Å². The van der Waals surface area contributed by atoms with Gasteiger partial charge in [-0.2, -0.15) is 0 Å². The van der Waals surface area contributed by atoms with Crippen molar-refractivity contribution in [3.8, 4) is 78.3 Å². The Morgan fingerprint density at radius 1 is 0.333 bits per heavy atom. The Hall–Kier alpha value is -9.18. The summed E-state index contributed by atoms with van der Waals surface area (Å²) < 4.78 is 7.22. The minimum Gasteiger partial charge on any atom is -0.458 e. The highest BCUT2D eigenvalue weighted by molar-refractivity contribution is 6.99. The van der Waals surface area contributed by atoms with Crippen LogP contribution in [-0.2, 0) is 5.41 Å². The van der Waals surface area contributed by atoms with Crippen LogP contribution in [-0.4, -0.2) is 6.71 Å². The van der Waals surface area contributed by atoms with Crippen LogP contribution >= 0.6 is 0 Å². The molecule has 0 N–H and O–H groups in total. The van der Waals surface area contributed by atoms with Crippen LogP contribution in [0.2, 0.25) is 0 Å². The van der Waals surface area contributed by atoms with E-state index < -0.39 is 0 Å². The maximum Gasteiger partial charge on any atom is 0.256 e. The molecule has 2 heterocycles. The van der Waals surface area contributed by atoms with Crippen LogP contribution in [0, 0.1) is 0 Å². The second-order valence-corrected chi connectivity index (χ2v) is 21.1. The van der Waals surface area contributed by atoms with Gasteiger partial charge in [0.2, 0.25) is 0 Å². The summed E-state index contributed by atoms with van der Waals surface area (Å²) in [7, 11) is 0. The maximum absolute atomic E-state index is 7.22. The molecule has 0 aliphatic carbocycles. The molecule has 0 saturated carbocycles. The predicted octanol–water partition coefficient (Wildman–Crippen LogP) is 17.7. The van der Waals surface area contributed by atoms with Gasteiger partial charge in [-0.15, -0.1) is 0 Å². The Balaban J connectivity index is 1.08. The molecule has 14 rings (SSSR count). The van der Waals surface area contributed by atoms with Crippen LogP contribution < -0.4 is 26.0 Å². The Bertz CT molecular complexity index is 4050. The minimum absolute atomic E-state index is 0.115. The van der Waals surface area contributed by atoms with E-state index in [1.165, 1.54) is 82.4 Å². The van der Waals surface area contributed by atoms with Crippen molar-refractivity contribution < 1.29 is 4.74 Å². The third-order valence-corrected chi connectivity index (χ3v) is 15.7. The van der Waals surface area contributed by atoms with Gasteiger partial charge >= 0.3 is 0 Å². The number of ether oxygens (including phenoxy) is 1. The summed E-state index contributed by atoms with van der Waals surface area (Å²) in [6.07, 6.45) is 0. The largest absolute Gasteiger partial charge is 0.458 e. The number of benzene rings is 12. The number of rotatable bonds is 7. The molecule has 0 bridgehead atoms. The first-order chi connectivity index (χ1) is 36.9. The molecule has 12 aromatic rings. The fraction of sp³-hybridized carbons (Fsp3) is 0.0556. The summed E-state index contributed by atoms with van der Waals surface area (Å²) in [5.74, 6) is 1.80. The first kappa shape index (κ1) is 44.5. The summed E-state index contributed by atoms with van der Waals surface area (Å²) in [4.78, 5) is 2.61. The molecule has 0 unspecified atom stereocenters. The van der Waals surface area contributed by atoms with Crippen molar-refractivity contribution in [2.75, 3.05) is 4.90 Å². The Morgan fingerprint density at radius 2 is 0.787 bits per heavy atom. The van der Waals surface area contributed by atoms with Gasteiger partial charge in [0.05, 0.1) is 5.69 Å². The predicted molar refractivity (Wildman–Crippen MR) is 319 cm³/mol. The number of anilines is 3. The van der Waals surface area contributed by atoms with E-state index in [2.05, 4.69) is 287 Å². The summed E-state index contributed by atoms with van der Waals surface area (Å²) in [5.41, 5.74) is 22.3. The molecule has 0 spiro atoms. The van der Waals surface area contributed by atoms with E-state index in [4.69, 9.17) is 4.74 Å². The normalized spacial score (nSPS) is 12.5. The SMILES string of the molecule is CC(C)(C)c1cc2c3c(c1)N(c1c(-c4ccccc4)cccc1-c1ccccc1)c1cc(-c4c5ccccc5c(-c5ccc(-c6ccccc6)cc5)c5ccccc45)ccc1B3c1cc(-c3ccccc3)ccc1O2. The van der Waals surface area contributed by atoms with E-state index in [0.29, 0.717) is 0 Å². The zero-order chi connectivity index (χ0) is 50.2. The zero-order valence-corrected chi connectivity index (χ0v) is 42.3. The lowest BCUT2D eigenvalue weighted by Crippen LogP contribution is -2.59. The zero-order valence-electron chi connectivity index (χ0n) is 42.3. The average molecular weight is 958 g/mol. The van der Waals surface area contributed by atoms with Gasteiger partial charge in [0, 0.05) is 22.5 Å². The molecule has 354 valence electrons. The van der Waals surface area contributed by atoms with Crippen LogP contribution in [0.5, 0.6) is 11.5 Å². The van der Waals surface area contributed by atoms with Crippen molar-refractivity contribution in [3.63, 3.8) is 0 Å². The van der Waals surface area contributed by atoms with Crippen molar-refractivity contribution in [2.45, 2.75) is 26.2 Å². The fourth-order valence-corrected chi connectivity index (χ4v) is 12.1. The lowest BCUT2D eigenvalue weighted by molar-refractivity contribution is 0.483. The topological polar surface area (TPSA) is 12.5 Å². The molecule has 0 amide bonds. The van der Waals surface area contributed by atoms with Crippen molar-refractivity contribution >= 4 is 61.7 Å². The highest BCUT2D eigenvalue weighted by Crippen LogP contribution is 2.52. The molecular formula is C72H52BNO. The number of hydrogen-bond acceptors (Lipinski definition) is 2. The third kappa shape index (κ3) is 7.49. The van der Waals surface area contributed by atoms with Crippen molar-refractivity contribution in [3.05, 3.63) is 266 Å². The number of nitrogens with zero attached hydrogens (tertiary/aromatic N) is 1. The van der Waals surface area contributed by atoms with E-state index in [1.807, 2.05) is 0 Å². The van der Waals surface area contributed by atoms with Gasteiger partial charge in [-0.1, -0.05) is 257 Å². The Morgan fingerprint density at radius 3 is 1.33 bits per heavy atom. The molecule has 0 radical (unpaired) electrons. The lowest BCUT2D eigenvalue weighted by Gasteiger charge is -2.42. The van der Waals surface area contributed by atoms with Gasteiger partial charge in [-0.05, 0) is 129 Å². The number of hydrogen-bond donors (Lipinski definition) is 0. The van der Waals surface area contributed by atoms with E-state index in [-0.39, 0.29) is 12.1 Å². The maximum atomic E-state index is 7.22. The smallest absolute Gasteiger partial charge is 0.256 e. The quantitative estimate of drug-likeness (QED) is 0.117. The molecule has 0 saturated heterocycles. The van der Waals surface area contributed by atoms with Gasteiger partial charge in [0.1, 0.15) is 11.5 Å². The van der Waals surface area contributed by atoms with Crippen molar-refractivity contribution in [1.82, 2.24) is 0 Å². The number of fused-ring (bicyclic) bond motifs is 6. The summed E-state index contributed by atoms with van der Waals surface area (Å²) in [6, 6.07) is 96.1. The van der Waals surface area contributed by atoms with E-state index in [9.17, 15) is 0 Å². The van der Waals surface area contributed by atoms with E-state index in [1.54, 1.807) is 0 Å². The molecule has 3 heteroatoms. The van der Waals surface area contributed by atoms with Crippen LogP contribution in [0.4, 0.5) is 17.1 Å². The average Bonchev–Trinajstić information content (AvgIpc) is 3.48. The molecular weight excluding hydrogens is 906 g/mol. The van der Waals surface area contributed by atoms with Crippen molar-refractivity contribution in [1.29, 1.82) is 0 Å². The van der Waals surface area contributed by atoms with Crippen LogP contribution in [0.25, 0.3) is 88.3 Å². The molecule has 2 aliphatic rings. The summed E-state index contributed by atoms with van der Waals surface area (Å²) in [5, 5.41) is 4.89. The molecule has 0 fully saturated rings. The second kappa shape index (κ2) is 17.8. The van der Waals surface area contributed by atoms with Gasteiger partial charge in [0.15, 0.2) is 0 Å². The third-order valence-electron chi connectivity index (χ3n) is 15.7. The van der Waals surface area contributed by atoms with Gasteiger partial charge in [-0.25, -0.2) is 0 Å². The van der Waals surface area contributed by atoms with Crippen LogP contribution in [0.1, 0.15) is 26.3 Å². The fourth-order valence-electron chi connectivity index (χ4n) is 12.1. The molecule has 12 aromatic carbocycles. The number of para-hydroxylation sites is 1. The molecule has 2 nitrogen and oxygen atoms in total. The minimum atomic E-state index is -0.182. The summed E-state index contributed by atoms with van der Waals surface area (Å²) in [6.45, 7) is 6.82. The Labute approximate surface area is 439 Å². The standard InChI is InChI=1S/C72H52BNO/c1-72(2,3)55-45-65-70-67(46-55)75-66-42-40-53(48-23-10-5-11-24-48)43-63(66)73(70)62-41-39-54(44-64(62)74(65)71-56(50-25-12-6-13-26-50)33-20-34-57(71)51-27-14-7-15-28-51)69-60-31-18-16-29-58(60)68(59-30-17-19-32-61(59)69)52-37-35-49(36-38-52)47-21-8-4-9-22-47/h4-46H,1-3H3. The van der Waals surface area contributed by atoms with Crippen LogP contribution in [0.3, 0.4) is 0 Å². The second-order valence-electron chi connectivity index (χ2n) is 21.1. The van der Waals surface area contributed by atoms with Crippen molar-refractivity contribution in [2.24, 2.45) is 0 Å². The van der Waals surface area contributed by atoms with Gasteiger partial charge in [0.25, 0.3) is 6.71 Å². The first-order valence-corrected chi connectivity index (χ1v) is 26.2. The molecule has 75 heavy (non-hydrogen) atoms. The molecule has 2 aliphatic heterocycles. The van der Waals surface area contributed by atoms with Gasteiger partial charge in [-0.3, -0.25) is 0 Å². The highest BCUT2D eigenvalue weighted by Gasteiger charge is 2.44. The first-order valence-electron chi connectivity index (χ1n) is 26.2. The summed E-state index contributed by atoms with van der Waals surface area (Å²) >= 11 is 0. The van der Waals surface area contributed by atoms with E-state index >= 15 is 0 Å². The monoisotopic (exact) mass is 957 g/mol. The van der Waals surface area contributed by atoms with Gasteiger partial charge < -0.3 is 9.64 Å². The lowest BCUT2D eigenvalue weighted by atomic mass is 9.34. The molecule has 0 atom stereocenters.